The van der Waals surface area contributed by atoms with E-state index in [0.29, 0.717) is 10.6 Å². The maximum Gasteiger partial charge on any atom is 0.134 e. The number of hydrogen-bond donors (Lipinski definition) is 0. The third kappa shape index (κ3) is 3.50. The molecule has 3 aromatic rings. The number of ether oxygens (including phenoxy) is 1. The van der Waals surface area contributed by atoms with Gasteiger partial charge in [-0.25, -0.2) is 9.37 Å². The van der Waals surface area contributed by atoms with E-state index in [9.17, 15) is 9.65 Å². The summed E-state index contributed by atoms with van der Waals surface area (Å²) in [4.78, 5) is 4.49. The number of nitrogens with zero attached hydrogens (tertiary/aromatic N) is 2. The molecule has 0 spiro atoms. The molecule has 0 amide bonds. The summed E-state index contributed by atoms with van der Waals surface area (Å²) < 4.78 is 18.1. The monoisotopic (exact) mass is 336 g/mol. The zero-order valence-electron chi connectivity index (χ0n) is 12.9. The summed E-state index contributed by atoms with van der Waals surface area (Å²) in [5.74, 6) is 0.477. The minimum absolute atomic E-state index is 0.286. The summed E-state index contributed by atoms with van der Waals surface area (Å²) in [5, 5.41) is 11.9. The number of benzene rings is 2. The Balaban J connectivity index is 1.90. The zero-order valence-corrected chi connectivity index (χ0v) is 13.7. The number of methoxy groups -OCH3 is 1. The first-order chi connectivity index (χ1) is 11.7. The first-order valence-electron chi connectivity index (χ1n) is 7.17. The van der Waals surface area contributed by atoms with Crippen LogP contribution in [0, 0.1) is 17.1 Å². The SMILES string of the molecule is COc1ccc(/C=C(/C#N)c2nc(-c3ccc(F)cc3)cs2)cc1. The fourth-order valence-corrected chi connectivity index (χ4v) is 2.95. The van der Waals surface area contributed by atoms with Crippen LogP contribution >= 0.6 is 11.3 Å². The third-order valence-electron chi connectivity index (χ3n) is 3.42. The summed E-state index contributed by atoms with van der Waals surface area (Å²) >= 11 is 1.39. The van der Waals surface area contributed by atoms with Gasteiger partial charge in [-0.2, -0.15) is 5.26 Å². The first kappa shape index (κ1) is 15.9. The molecule has 1 aromatic heterocycles. The summed E-state index contributed by atoms with van der Waals surface area (Å²) in [6.07, 6.45) is 1.78. The second kappa shape index (κ2) is 7.07. The number of aromatic nitrogens is 1. The van der Waals surface area contributed by atoms with E-state index in [-0.39, 0.29) is 5.82 Å². The van der Waals surface area contributed by atoms with Crippen molar-refractivity contribution in [2.75, 3.05) is 7.11 Å². The van der Waals surface area contributed by atoms with Crippen molar-refractivity contribution >= 4 is 23.0 Å². The Morgan fingerprint density at radius 2 is 1.88 bits per heavy atom. The lowest BCUT2D eigenvalue weighted by Gasteiger charge is -2.00. The molecule has 0 saturated heterocycles. The normalized spacial score (nSPS) is 11.1. The molecule has 3 nitrogen and oxygen atoms in total. The van der Waals surface area contributed by atoms with Gasteiger partial charge in [0.25, 0.3) is 0 Å². The lowest BCUT2D eigenvalue weighted by atomic mass is 10.1. The maximum atomic E-state index is 13.0. The predicted molar refractivity (Wildman–Crippen MR) is 94.0 cm³/mol. The molecule has 0 radical (unpaired) electrons. The van der Waals surface area contributed by atoms with Gasteiger partial charge in [0.05, 0.1) is 18.4 Å². The number of halogens is 1. The minimum Gasteiger partial charge on any atom is -0.497 e. The lowest BCUT2D eigenvalue weighted by Crippen LogP contribution is -1.84. The van der Waals surface area contributed by atoms with Gasteiger partial charge in [-0.05, 0) is 48.0 Å². The number of rotatable bonds is 4. The molecule has 1 heterocycles. The third-order valence-corrected chi connectivity index (χ3v) is 4.30. The van der Waals surface area contributed by atoms with Crippen LogP contribution < -0.4 is 4.74 Å². The average molecular weight is 336 g/mol. The van der Waals surface area contributed by atoms with Crippen LogP contribution in [0.1, 0.15) is 10.6 Å². The molecular formula is C19H13FN2OS. The Labute approximate surface area is 143 Å². The Hall–Kier alpha value is -2.97. The van der Waals surface area contributed by atoms with Crippen LogP contribution in [-0.4, -0.2) is 12.1 Å². The standard InChI is InChI=1S/C19H13FN2OS/c1-23-17-8-2-13(3-9-17)10-15(11-21)19-22-18(12-24-19)14-4-6-16(20)7-5-14/h2-10,12H,1H3/b15-10-. The Bertz CT molecular complexity index is 906. The molecule has 0 bridgehead atoms. The Morgan fingerprint density at radius 3 is 2.50 bits per heavy atom. The molecule has 0 atom stereocenters. The maximum absolute atomic E-state index is 13.0. The molecule has 0 N–H and O–H groups in total. The second-order valence-corrected chi connectivity index (χ2v) is 5.85. The highest BCUT2D eigenvalue weighted by Crippen LogP contribution is 2.27. The van der Waals surface area contributed by atoms with E-state index in [1.54, 1.807) is 25.3 Å². The number of allylic oxidation sites excluding steroid dienone is 1. The van der Waals surface area contributed by atoms with Gasteiger partial charge in [0.1, 0.15) is 22.6 Å². The summed E-state index contributed by atoms with van der Waals surface area (Å²) in [7, 11) is 1.61. The van der Waals surface area contributed by atoms with Gasteiger partial charge >= 0.3 is 0 Å². The first-order valence-corrected chi connectivity index (χ1v) is 8.05. The van der Waals surface area contributed by atoms with Crippen molar-refractivity contribution in [1.82, 2.24) is 4.98 Å². The number of nitriles is 1. The van der Waals surface area contributed by atoms with E-state index in [1.165, 1.54) is 23.5 Å². The summed E-state index contributed by atoms with van der Waals surface area (Å²) in [6, 6.07) is 15.8. The van der Waals surface area contributed by atoms with Gasteiger partial charge in [0, 0.05) is 10.9 Å². The molecule has 2 aromatic carbocycles. The number of thiazole rings is 1. The fourth-order valence-electron chi connectivity index (χ4n) is 2.16. The fraction of sp³-hybridized carbons (Fsp3) is 0.0526. The quantitative estimate of drug-likeness (QED) is 0.628. The van der Waals surface area contributed by atoms with E-state index >= 15 is 0 Å². The van der Waals surface area contributed by atoms with Crippen molar-refractivity contribution in [2.24, 2.45) is 0 Å². The van der Waals surface area contributed by atoms with Crippen molar-refractivity contribution in [3.05, 3.63) is 70.3 Å². The van der Waals surface area contributed by atoms with Crippen molar-refractivity contribution in [1.29, 1.82) is 5.26 Å². The highest BCUT2D eigenvalue weighted by atomic mass is 32.1. The van der Waals surface area contributed by atoms with Crippen LogP contribution in [0.2, 0.25) is 0 Å². The van der Waals surface area contributed by atoms with Gasteiger partial charge in [-0.15, -0.1) is 11.3 Å². The van der Waals surface area contributed by atoms with Crippen LogP contribution in [0.3, 0.4) is 0 Å². The van der Waals surface area contributed by atoms with E-state index in [0.717, 1.165) is 22.6 Å². The molecule has 0 unspecified atom stereocenters. The van der Waals surface area contributed by atoms with Crippen LogP contribution in [0.15, 0.2) is 53.9 Å². The largest absolute Gasteiger partial charge is 0.497 e. The van der Waals surface area contributed by atoms with Crippen LogP contribution in [0.25, 0.3) is 22.9 Å². The second-order valence-electron chi connectivity index (χ2n) is 4.99. The minimum atomic E-state index is -0.286. The van der Waals surface area contributed by atoms with E-state index < -0.39 is 0 Å². The van der Waals surface area contributed by atoms with Crippen molar-refractivity contribution in [3.8, 4) is 23.1 Å². The Kier molecular flexibility index (Phi) is 4.69. The molecule has 0 aliphatic carbocycles. The predicted octanol–water partition coefficient (Wildman–Crippen LogP) is 5.02. The van der Waals surface area contributed by atoms with E-state index in [2.05, 4.69) is 11.1 Å². The lowest BCUT2D eigenvalue weighted by molar-refractivity contribution is 0.415. The van der Waals surface area contributed by atoms with Crippen LogP contribution in [-0.2, 0) is 0 Å². The van der Waals surface area contributed by atoms with Gasteiger partial charge in [0.15, 0.2) is 0 Å². The smallest absolute Gasteiger partial charge is 0.134 e. The molecule has 24 heavy (non-hydrogen) atoms. The molecule has 0 fully saturated rings. The Morgan fingerprint density at radius 1 is 1.17 bits per heavy atom. The zero-order chi connectivity index (χ0) is 16.9. The molecule has 0 aliphatic rings. The molecule has 3 rings (SSSR count). The van der Waals surface area contributed by atoms with Crippen molar-refractivity contribution in [2.45, 2.75) is 0 Å². The van der Waals surface area contributed by atoms with Crippen molar-refractivity contribution < 1.29 is 9.13 Å². The number of hydrogen-bond acceptors (Lipinski definition) is 4. The van der Waals surface area contributed by atoms with E-state index in [1.807, 2.05) is 29.6 Å². The van der Waals surface area contributed by atoms with E-state index in [4.69, 9.17) is 4.74 Å². The topological polar surface area (TPSA) is 45.9 Å². The van der Waals surface area contributed by atoms with Crippen molar-refractivity contribution in [3.63, 3.8) is 0 Å². The van der Waals surface area contributed by atoms with Gasteiger partial charge in [-0.3, -0.25) is 0 Å². The van der Waals surface area contributed by atoms with Gasteiger partial charge in [-0.1, -0.05) is 12.1 Å². The van der Waals surface area contributed by atoms with Crippen LogP contribution in [0.5, 0.6) is 5.75 Å². The molecule has 118 valence electrons. The van der Waals surface area contributed by atoms with Gasteiger partial charge in [0.2, 0.25) is 0 Å². The highest BCUT2D eigenvalue weighted by molar-refractivity contribution is 7.11. The average Bonchev–Trinajstić information content (AvgIpc) is 3.10. The van der Waals surface area contributed by atoms with Gasteiger partial charge < -0.3 is 4.74 Å². The van der Waals surface area contributed by atoms with Crippen LogP contribution in [0.4, 0.5) is 4.39 Å². The molecular weight excluding hydrogens is 323 g/mol. The summed E-state index contributed by atoms with van der Waals surface area (Å²) in [5.41, 5.74) is 2.93. The molecule has 0 aliphatic heterocycles. The highest BCUT2D eigenvalue weighted by Gasteiger charge is 2.09. The summed E-state index contributed by atoms with van der Waals surface area (Å²) in [6.45, 7) is 0. The molecule has 5 heteroatoms. The molecule has 0 saturated carbocycles.